The van der Waals surface area contributed by atoms with Crippen LogP contribution in [0.1, 0.15) is 6.42 Å². The Hall–Kier alpha value is -8.48. The van der Waals surface area contributed by atoms with E-state index >= 15 is 0 Å². The maximum absolute atomic E-state index is 14.1. The van der Waals surface area contributed by atoms with Crippen LogP contribution in [0.3, 0.4) is 0 Å². The topological polar surface area (TPSA) is 16.3 Å². The highest BCUT2D eigenvalue weighted by molar-refractivity contribution is 6.12. The van der Waals surface area contributed by atoms with Crippen LogP contribution < -0.4 is 9.80 Å². The average Bonchev–Trinajstić information content (AvgIpc) is 3.88. The summed E-state index contributed by atoms with van der Waals surface area (Å²) >= 11 is 0. The van der Waals surface area contributed by atoms with Gasteiger partial charge in [-0.2, -0.15) is 0 Å². The van der Waals surface area contributed by atoms with Gasteiger partial charge in [0, 0.05) is 73.5 Å². The Morgan fingerprint density at radius 3 is 1.32 bits per heavy atom. The van der Waals surface area contributed by atoms with E-state index in [4.69, 9.17) is 0 Å². The fourth-order valence-electron chi connectivity index (χ4n) is 9.75. The van der Waals surface area contributed by atoms with E-state index in [0.29, 0.717) is 6.42 Å². The highest BCUT2D eigenvalue weighted by atomic mass is 19.1. The molecule has 1 unspecified atom stereocenters. The van der Waals surface area contributed by atoms with Crippen molar-refractivity contribution in [3.63, 3.8) is 0 Å². The summed E-state index contributed by atoms with van der Waals surface area (Å²) in [4.78, 5) is 4.60. The minimum Gasteiger partial charge on any atom is -0.310 e. The maximum Gasteiger partial charge on any atom is 0.123 e. The van der Waals surface area contributed by atoms with Crippen molar-refractivity contribution in [2.75, 3.05) is 9.80 Å². The Morgan fingerprint density at radius 2 is 0.818 bits per heavy atom. The number of halogens is 2. The molecule has 1 aliphatic rings. The van der Waals surface area contributed by atoms with Crippen LogP contribution in [0, 0.1) is 5.82 Å². The molecule has 2 aromatic heterocycles. The van der Waals surface area contributed by atoms with E-state index in [2.05, 4.69) is 195 Å². The van der Waals surface area contributed by atoms with Crippen molar-refractivity contribution in [1.29, 1.82) is 0 Å². The third-order valence-electron chi connectivity index (χ3n) is 12.8. The van der Waals surface area contributed by atoms with E-state index in [0.717, 1.165) is 100 Å². The number of para-hydroxylation sites is 4. The zero-order chi connectivity index (χ0) is 44.1. The molecule has 1 aliphatic carbocycles. The van der Waals surface area contributed by atoms with E-state index in [1.165, 1.54) is 12.1 Å². The van der Waals surface area contributed by atoms with Gasteiger partial charge in [0.05, 0.1) is 22.1 Å². The fourth-order valence-corrected chi connectivity index (χ4v) is 9.75. The Morgan fingerprint density at radius 1 is 0.394 bits per heavy atom. The quantitative estimate of drug-likeness (QED) is 0.144. The van der Waals surface area contributed by atoms with Crippen LogP contribution in [0.2, 0.25) is 0 Å². The van der Waals surface area contributed by atoms with Gasteiger partial charge in [-0.15, -0.1) is 0 Å². The Labute approximate surface area is 381 Å². The minimum atomic E-state index is -0.950. The number of fused-ring (bicyclic) bond motifs is 6. The second kappa shape index (κ2) is 16.3. The van der Waals surface area contributed by atoms with Gasteiger partial charge in [-0.1, -0.05) is 103 Å². The summed E-state index contributed by atoms with van der Waals surface area (Å²) in [5.41, 5.74) is 14.7. The molecule has 11 aromatic rings. The van der Waals surface area contributed by atoms with Crippen molar-refractivity contribution >= 4 is 83.4 Å². The number of alkyl halides is 1. The number of hydrogen-bond donors (Lipinski definition) is 0. The first-order valence-corrected chi connectivity index (χ1v) is 22.3. The number of nitrogens with zero attached hydrogens (tertiary/aromatic N) is 4. The van der Waals surface area contributed by atoms with Crippen molar-refractivity contribution in [2.45, 2.75) is 12.6 Å². The second-order valence-corrected chi connectivity index (χ2v) is 16.8. The molecular formula is C60H42F2N4. The lowest BCUT2D eigenvalue weighted by Gasteiger charge is -2.26. The molecule has 2 heterocycles. The van der Waals surface area contributed by atoms with Crippen molar-refractivity contribution in [2.24, 2.45) is 0 Å². The highest BCUT2D eigenvalue weighted by Crippen LogP contribution is 2.43. The molecule has 9 aromatic carbocycles. The van der Waals surface area contributed by atoms with Crippen molar-refractivity contribution in [1.82, 2.24) is 9.13 Å². The molecule has 12 rings (SSSR count). The first-order valence-electron chi connectivity index (χ1n) is 22.3. The van der Waals surface area contributed by atoms with Crippen molar-refractivity contribution < 1.29 is 8.78 Å². The van der Waals surface area contributed by atoms with E-state index < -0.39 is 6.17 Å². The van der Waals surface area contributed by atoms with Gasteiger partial charge in [-0.05, 0) is 145 Å². The molecule has 316 valence electrons. The molecule has 0 bridgehead atoms. The highest BCUT2D eigenvalue weighted by Gasteiger charge is 2.21. The van der Waals surface area contributed by atoms with Crippen LogP contribution >= 0.6 is 0 Å². The van der Waals surface area contributed by atoms with Crippen LogP contribution in [-0.2, 0) is 0 Å². The molecule has 66 heavy (non-hydrogen) atoms. The first kappa shape index (κ1) is 39.1. The molecule has 0 radical (unpaired) electrons. The van der Waals surface area contributed by atoms with Gasteiger partial charge in [-0.3, -0.25) is 0 Å². The Balaban J connectivity index is 0.894. The summed E-state index contributed by atoms with van der Waals surface area (Å²) in [6.07, 6.45) is 4.97. The summed E-state index contributed by atoms with van der Waals surface area (Å²) in [7, 11) is 0. The van der Waals surface area contributed by atoms with Gasteiger partial charge >= 0.3 is 0 Å². The standard InChI is InChI=1S/C60H42F2N4/c61-43-23-31-49(32-24-43)65-57-17-9-7-15-53(57)55-39-51(35-37-59(55)65)63(45-11-3-1-4-12-45)47-27-19-41(20-28-47)42-21-29-48(30-22-42)64(46-13-5-2-6-14-46)52-36-38-60-56(40-52)54-16-8-10-18-58(54)66(60)50-33-25-44(62)26-34-50/h1-25,27-40,44H,26H2. The van der Waals surface area contributed by atoms with E-state index in [1.807, 2.05) is 42.5 Å². The van der Waals surface area contributed by atoms with Gasteiger partial charge in [-0.25, -0.2) is 8.78 Å². The fraction of sp³-hybridized carbons (Fsp3) is 0.0333. The molecule has 0 fully saturated rings. The molecule has 0 saturated heterocycles. The number of allylic oxidation sites excluding steroid dienone is 4. The molecule has 0 spiro atoms. The summed E-state index contributed by atoms with van der Waals surface area (Å²) in [6, 6.07) is 75.3. The molecule has 6 heteroatoms. The molecule has 0 aliphatic heterocycles. The molecule has 4 nitrogen and oxygen atoms in total. The van der Waals surface area contributed by atoms with E-state index in [1.54, 1.807) is 6.08 Å². The minimum absolute atomic E-state index is 0.254. The van der Waals surface area contributed by atoms with Crippen molar-refractivity contribution in [3.8, 4) is 16.8 Å². The largest absolute Gasteiger partial charge is 0.310 e. The van der Waals surface area contributed by atoms with Crippen LogP contribution in [0.4, 0.5) is 42.9 Å². The summed E-state index contributed by atoms with van der Waals surface area (Å²) < 4.78 is 32.6. The molecule has 0 saturated carbocycles. The maximum atomic E-state index is 14.1. The van der Waals surface area contributed by atoms with Gasteiger partial charge in [0.15, 0.2) is 0 Å². The van der Waals surface area contributed by atoms with E-state index in [9.17, 15) is 8.78 Å². The molecule has 0 amide bonds. The van der Waals surface area contributed by atoms with Gasteiger partial charge in [0.1, 0.15) is 12.0 Å². The second-order valence-electron chi connectivity index (χ2n) is 16.8. The molecule has 1 atom stereocenters. The Bertz CT molecular complexity index is 3630. The Kier molecular flexibility index (Phi) is 9.64. The smallest absolute Gasteiger partial charge is 0.123 e. The van der Waals surface area contributed by atoms with Crippen LogP contribution in [0.25, 0.3) is 66.1 Å². The summed E-state index contributed by atoms with van der Waals surface area (Å²) in [5, 5.41) is 4.54. The average molecular weight is 857 g/mol. The van der Waals surface area contributed by atoms with Crippen LogP contribution in [0.15, 0.2) is 237 Å². The summed E-state index contributed by atoms with van der Waals surface area (Å²) in [5.74, 6) is -0.254. The third-order valence-corrected chi connectivity index (χ3v) is 12.8. The lowest BCUT2D eigenvalue weighted by atomic mass is 10.0. The number of benzene rings is 9. The normalized spacial score (nSPS) is 13.7. The third kappa shape index (κ3) is 6.82. The SMILES string of the molecule is Fc1ccc(-n2c3ccccc3c3cc(N(c4ccccc4)c4ccc(-c5ccc(N(c6ccccc6)c6ccc7c(c6)c6ccccc6n7C6=CCC(F)C=C6)cc5)cc4)ccc32)cc1. The van der Waals surface area contributed by atoms with Crippen LogP contribution in [-0.4, -0.2) is 15.3 Å². The van der Waals surface area contributed by atoms with Gasteiger partial charge in [0.25, 0.3) is 0 Å². The zero-order valence-electron chi connectivity index (χ0n) is 35.8. The summed E-state index contributed by atoms with van der Waals surface area (Å²) in [6.45, 7) is 0. The number of rotatable bonds is 9. The number of hydrogen-bond acceptors (Lipinski definition) is 2. The molecule has 0 N–H and O–H groups in total. The monoisotopic (exact) mass is 856 g/mol. The zero-order valence-corrected chi connectivity index (χ0v) is 35.8. The lowest BCUT2D eigenvalue weighted by Crippen LogP contribution is -2.10. The van der Waals surface area contributed by atoms with Crippen LogP contribution in [0.5, 0.6) is 0 Å². The number of anilines is 6. The van der Waals surface area contributed by atoms with Gasteiger partial charge < -0.3 is 18.9 Å². The first-order chi connectivity index (χ1) is 32.6. The lowest BCUT2D eigenvalue weighted by molar-refractivity contribution is 0.402. The van der Waals surface area contributed by atoms with Crippen molar-refractivity contribution in [3.05, 3.63) is 242 Å². The van der Waals surface area contributed by atoms with E-state index in [-0.39, 0.29) is 5.82 Å². The molecular weight excluding hydrogens is 815 g/mol. The van der Waals surface area contributed by atoms with Gasteiger partial charge in [0.2, 0.25) is 0 Å². The number of aromatic nitrogens is 2. The predicted molar refractivity (Wildman–Crippen MR) is 271 cm³/mol. The predicted octanol–water partition coefficient (Wildman–Crippen LogP) is 16.8.